The Morgan fingerprint density at radius 2 is 2.13 bits per heavy atom. The highest BCUT2D eigenvalue weighted by Crippen LogP contribution is 2.31. The van der Waals surface area contributed by atoms with Crippen LogP contribution in [0.4, 0.5) is 5.13 Å². The van der Waals surface area contributed by atoms with E-state index in [0.717, 1.165) is 36.3 Å². The zero-order chi connectivity index (χ0) is 15.8. The van der Waals surface area contributed by atoms with Crippen LogP contribution in [0.25, 0.3) is 0 Å². The molecule has 118 valence electrons. The van der Waals surface area contributed by atoms with Crippen LogP contribution in [-0.4, -0.2) is 22.8 Å². The predicted octanol–water partition coefficient (Wildman–Crippen LogP) is 2.99. The Labute approximate surface area is 137 Å². The number of benzene rings is 1. The molecule has 0 fully saturated rings. The maximum Gasteiger partial charge on any atom is 0.267 e. The summed E-state index contributed by atoms with van der Waals surface area (Å²) in [6, 6.07) is 7.78. The van der Waals surface area contributed by atoms with Crippen molar-refractivity contribution in [3.05, 3.63) is 40.4 Å². The molecule has 1 unspecified atom stereocenters. The van der Waals surface area contributed by atoms with E-state index in [2.05, 4.69) is 10.3 Å². The summed E-state index contributed by atoms with van der Waals surface area (Å²) in [6.45, 7) is 0. The van der Waals surface area contributed by atoms with Crippen LogP contribution in [0.5, 0.6) is 5.75 Å². The standard InChI is InChI=1S/C17H16N2O3S/c20-12-6-3-5-11-15(12)23-17(18-11)19-16(21)14-9-8-10-4-1-2-7-13(10)22-14/h1-2,4,7,14H,3,5-6,8-9H2,(H,18,19,21). The maximum absolute atomic E-state index is 12.4. The van der Waals surface area contributed by atoms with Crippen LogP contribution in [0, 0.1) is 0 Å². The van der Waals surface area contributed by atoms with Crippen molar-refractivity contribution in [1.29, 1.82) is 0 Å². The second-order valence-corrected chi connectivity index (χ2v) is 6.81. The van der Waals surface area contributed by atoms with Gasteiger partial charge < -0.3 is 4.74 Å². The smallest absolute Gasteiger partial charge is 0.267 e. The molecule has 2 heterocycles. The van der Waals surface area contributed by atoms with Gasteiger partial charge in [-0.15, -0.1) is 0 Å². The molecule has 0 saturated carbocycles. The minimum absolute atomic E-state index is 0.132. The first-order valence-electron chi connectivity index (χ1n) is 7.79. The van der Waals surface area contributed by atoms with Crippen molar-refractivity contribution in [1.82, 2.24) is 4.98 Å². The topological polar surface area (TPSA) is 68.3 Å². The number of nitrogens with zero attached hydrogens (tertiary/aromatic N) is 1. The van der Waals surface area contributed by atoms with Gasteiger partial charge >= 0.3 is 0 Å². The first kappa shape index (κ1) is 14.4. The molecule has 0 saturated heterocycles. The zero-order valence-electron chi connectivity index (χ0n) is 12.5. The Morgan fingerprint density at radius 3 is 3.00 bits per heavy atom. The van der Waals surface area contributed by atoms with Crippen LogP contribution < -0.4 is 10.1 Å². The molecule has 1 aromatic carbocycles. The van der Waals surface area contributed by atoms with Gasteiger partial charge in [-0.3, -0.25) is 14.9 Å². The van der Waals surface area contributed by atoms with Gasteiger partial charge in [-0.05, 0) is 37.3 Å². The summed E-state index contributed by atoms with van der Waals surface area (Å²) in [5.41, 5.74) is 1.95. The Hall–Kier alpha value is -2.21. The van der Waals surface area contributed by atoms with Crippen molar-refractivity contribution in [2.75, 3.05) is 5.32 Å². The number of amides is 1. The number of anilines is 1. The number of thiazole rings is 1. The highest BCUT2D eigenvalue weighted by molar-refractivity contribution is 7.17. The van der Waals surface area contributed by atoms with E-state index in [1.54, 1.807) is 0 Å². The number of carbonyl (C=O) groups excluding carboxylic acids is 2. The minimum atomic E-state index is -0.512. The third-order valence-corrected chi connectivity index (χ3v) is 5.26. The lowest BCUT2D eigenvalue weighted by Crippen LogP contribution is -2.35. The van der Waals surface area contributed by atoms with Crippen LogP contribution in [0.3, 0.4) is 0 Å². The fraction of sp³-hybridized carbons (Fsp3) is 0.353. The van der Waals surface area contributed by atoms with Crippen LogP contribution in [0.1, 0.15) is 40.2 Å². The van der Waals surface area contributed by atoms with Gasteiger partial charge in [0, 0.05) is 6.42 Å². The SMILES string of the molecule is O=C1CCCc2nc(NC(=O)C3CCc4ccccc4O3)sc21. The molecule has 5 nitrogen and oxygen atoms in total. The fourth-order valence-electron chi connectivity index (χ4n) is 3.02. The van der Waals surface area contributed by atoms with E-state index in [1.807, 2.05) is 24.3 Å². The molecule has 1 atom stereocenters. The highest BCUT2D eigenvalue weighted by atomic mass is 32.1. The molecule has 0 spiro atoms. The van der Waals surface area contributed by atoms with Crippen molar-refractivity contribution in [3.63, 3.8) is 0 Å². The van der Waals surface area contributed by atoms with Gasteiger partial charge in [-0.1, -0.05) is 29.5 Å². The average molecular weight is 328 g/mol. The molecular formula is C17H16N2O3S. The molecule has 4 rings (SSSR count). The second kappa shape index (κ2) is 5.77. The lowest BCUT2D eigenvalue weighted by molar-refractivity contribution is -0.123. The number of Topliss-reactive ketones (excluding diaryl/α,β-unsaturated/α-hetero) is 1. The Bertz CT molecular complexity index is 784. The lowest BCUT2D eigenvalue weighted by atomic mass is 10.0. The number of rotatable bonds is 2. The molecule has 1 aromatic heterocycles. The van der Waals surface area contributed by atoms with E-state index in [9.17, 15) is 9.59 Å². The number of nitrogens with one attached hydrogen (secondary N) is 1. The van der Waals surface area contributed by atoms with Crippen molar-refractivity contribution in [2.24, 2.45) is 0 Å². The van der Waals surface area contributed by atoms with Gasteiger partial charge in [-0.25, -0.2) is 4.98 Å². The first-order valence-corrected chi connectivity index (χ1v) is 8.60. The number of hydrogen-bond acceptors (Lipinski definition) is 5. The molecule has 0 radical (unpaired) electrons. The molecule has 1 aliphatic carbocycles. The van der Waals surface area contributed by atoms with Crippen molar-refractivity contribution in [2.45, 2.75) is 38.2 Å². The quantitative estimate of drug-likeness (QED) is 0.920. The maximum atomic E-state index is 12.4. The lowest BCUT2D eigenvalue weighted by Gasteiger charge is -2.24. The van der Waals surface area contributed by atoms with Crippen molar-refractivity contribution < 1.29 is 14.3 Å². The monoisotopic (exact) mass is 328 g/mol. The van der Waals surface area contributed by atoms with E-state index in [-0.39, 0.29) is 11.7 Å². The zero-order valence-corrected chi connectivity index (χ0v) is 13.3. The summed E-state index contributed by atoms with van der Waals surface area (Å²) in [5.74, 6) is 0.706. The van der Waals surface area contributed by atoms with Gasteiger partial charge in [0.1, 0.15) is 5.75 Å². The van der Waals surface area contributed by atoms with E-state index >= 15 is 0 Å². The van der Waals surface area contributed by atoms with Crippen molar-refractivity contribution in [3.8, 4) is 5.75 Å². The number of fused-ring (bicyclic) bond motifs is 2. The van der Waals surface area contributed by atoms with Gasteiger partial charge in [0.2, 0.25) is 0 Å². The van der Waals surface area contributed by atoms with Crippen molar-refractivity contribution >= 4 is 28.2 Å². The molecule has 2 aromatic rings. The van der Waals surface area contributed by atoms with E-state index in [0.29, 0.717) is 22.9 Å². The number of aromatic nitrogens is 1. The van der Waals surface area contributed by atoms with Crippen LogP contribution in [0.2, 0.25) is 0 Å². The Balaban J connectivity index is 1.48. The van der Waals surface area contributed by atoms with Gasteiger partial charge in [0.05, 0.1) is 10.6 Å². The van der Waals surface area contributed by atoms with Crippen LogP contribution >= 0.6 is 11.3 Å². The minimum Gasteiger partial charge on any atom is -0.480 e. The molecule has 2 aliphatic rings. The molecule has 0 bridgehead atoms. The summed E-state index contributed by atoms with van der Waals surface area (Å²) in [6.07, 6.45) is 3.17. The number of hydrogen-bond donors (Lipinski definition) is 1. The normalized spacial score (nSPS) is 19.5. The third kappa shape index (κ3) is 2.74. The number of ether oxygens (including phenoxy) is 1. The third-order valence-electron chi connectivity index (χ3n) is 4.21. The Morgan fingerprint density at radius 1 is 1.26 bits per heavy atom. The van der Waals surface area contributed by atoms with E-state index in [1.165, 1.54) is 11.3 Å². The van der Waals surface area contributed by atoms with Crippen LogP contribution in [0.15, 0.2) is 24.3 Å². The molecule has 1 N–H and O–H groups in total. The predicted molar refractivity (Wildman–Crippen MR) is 87.2 cm³/mol. The van der Waals surface area contributed by atoms with E-state index < -0.39 is 6.10 Å². The molecule has 23 heavy (non-hydrogen) atoms. The van der Waals surface area contributed by atoms with Crippen LogP contribution in [-0.2, 0) is 17.6 Å². The first-order chi connectivity index (χ1) is 11.2. The highest BCUT2D eigenvalue weighted by Gasteiger charge is 2.28. The second-order valence-electron chi connectivity index (χ2n) is 5.81. The summed E-state index contributed by atoms with van der Waals surface area (Å²) in [4.78, 5) is 29.4. The number of para-hydroxylation sites is 1. The summed E-state index contributed by atoms with van der Waals surface area (Å²) in [5, 5.41) is 3.31. The summed E-state index contributed by atoms with van der Waals surface area (Å²) >= 11 is 1.27. The molecule has 1 amide bonds. The molecular weight excluding hydrogens is 312 g/mol. The largest absolute Gasteiger partial charge is 0.480 e. The van der Waals surface area contributed by atoms with Gasteiger partial charge in [0.15, 0.2) is 17.0 Å². The summed E-state index contributed by atoms with van der Waals surface area (Å²) in [7, 11) is 0. The number of ketones is 1. The Kier molecular flexibility index (Phi) is 3.61. The number of aryl methyl sites for hydroxylation is 2. The summed E-state index contributed by atoms with van der Waals surface area (Å²) < 4.78 is 5.79. The molecule has 1 aliphatic heterocycles. The average Bonchev–Trinajstić information content (AvgIpc) is 2.98. The van der Waals surface area contributed by atoms with Gasteiger partial charge in [-0.2, -0.15) is 0 Å². The number of carbonyl (C=O) groups is 2. The van der Waals surface area contributed by atoms with Gasteiger partial charge in [0.25, 0.3) is 5.91 Å². The molecule has 6 heteroatoms. The van der Waals surface area contributed by atoms with E-state index in [4.69, 9.17) is 4.74 Å². The fourth-order valence-corrected chi connectivity index (χ4v) is 4.00.